The minimum absolute atomic E-state index is 0.383. The number of hydrogen-bond acceptors (Lipinski definition) is 4. The molecule has 7 nitrogen and oxygen atoms in total. The Hall–Kier alpha value is -2.05. The fraction of sp³-hybridized carbons (Fsp3) is 0.583. The van der Waals surface area contributed by atoms with Gasteiger partial charge in [0, 0.05) is 20.1 Å². The number of unbranched alkanes of at least 4 members (excludes halogenated alkanes) is 1. The van der Waals surface area contributed by atoms with Gasteiger partial charge < -0.3 is 9.88 Å². The first-order chi connectivity index (χ1) is 9.10. The molecule has 7 heteroatoms. The summed E-state index contributed by atoms with van der Waals surface area (Å²) in [6.45, 7) is 5.47. The number of fused-ring (bicyclic) bond motifs is 1. The summed E-state index contributed by atoms with van der Waals surface area (Å²) in [5, 5.41) is 3.13. The van der Waals surface area contributed by atoms with Gasteiger partial charge in [-0.1, -0.05) is 13.3 Å². The van der Waals surface area contributed by atoms with Crippen molar-refractivity contribution in [2.45, 2.75) is 33.2 Å². The average molecular weight is 265 g/mol. The zero-order valence-electron chi connectivity index (χ0n) is 11.5. The highest BCUT2D eigenvalue weighted by atomic mass is 16.2. The van der Waals surface area contributed by atoms with Crippen LogP contribution in [0.1, 0.15) is 26.7 Å². The number of nitrogens with one attached hydrogen (secondary N) is 2. The molecule has 0 unspecified atom stereocenters. The van der Waals surface area contributed by atoms with E-state index in [4.69, 9.17) is 0 Å². The highest BCUT2D eigenvalue weighted by Gasteiger charge is 2.16. The second-order valence-electron chi connectivity index (χ2n) is 4.46. The molecule has 0 fully saturated rings. The maximum atomic E-state index is 12.0. The smallest absolute Gasteiger partial charge is 0.329 e. The summed E-state index contributed by atoms with van der Waals surface area (Å²) >= 11 is 0. The molecule has 0 aliphatic heterocycles. The lowest BCUT2D eigenvalue weighted by atomic mass is 10.3. The SMILES string of the molecule is CCCCn1c(NCC)nc2c1c(=O)[nH]c(=O)n2C. The molecule has 0 radical (unpaired) electrons. The number of imidazole rings is 1. The molecule has 2 heterocycles. The Morgan fingerprint density at radius 2 is 2.05 bits per heavy atom. The van der Waals surface area contributed by atoms with Gasteiger partial charge in [0.15, 0.2) is 11.2 Å². The van der Waals surface area contributed by atoms with Gasteiger partial charge in [0.05, 0.1) is 0 Å². The number of aromatic amines is 1. The Morgan fingerprint density at radius 3 is 2.68 bits per heavy atom. The van der Waals surface area contributed by atoms with Gasteiger partial charge in [-0.3, -0.25) is 14.3 Å². The van der Waals surface area contributed by atoms with E-state index in [0.29, 0.717) is 30.2 Å². The van der Waals surface area contributed by atoms with E-state index in [2.05, 4.69) is 22.2 Å². The third-order valence-corrected chi connectivity index (χ3v) is 3.08. The number of nitrogens with zero attached hydrogens (tertiary/aromatic N) is 3. The Kier molecular flexibility index (Phi) is 3.73. The van der Waals surface area contributed by atoms with E-state index in [9.17, 15) is 9.59 Å². The van der Waals surface area contributed by atoms with Crippen molar-refractivity contribution in [1.82, 2.24) is 19.1 Å². The van der Waals surface area contributed by atoms with Crippen LogP contribution >= 0.6 is 0 Å². The number of anilines is 1. The van der Waals surface area contributed by atoms with E-state index < -0.39 is 5.69 Å². The lowest BCUT2D eigenvalue weighted by Gasteiger charge is -2.08. The van der Waals surface area contributed by atoms with E-state index in [0.717, 1.165) is 12.8 Å². The summed E-state index contributed by atoms with van der Waals surface area (Å²) in [6.07, 6.45) is 1.97. The molecule has 0 spiro atoms. The summed E-state index contributed by atoms with van der Waals surface area (Å²) in [6, 6.07) is 0. The van der Waals surface area contributed by atoms with E-state index in [1.807, 2.05) is 11.5 Å². The van der Waals surface area contributed by atoms with E-state index in [1.54, 1.807) is 7.05 Å². The summed E-state index contributed by atoms with van der Waals surface area (Å²) < 4.78 is 3.21. The first-order valence-corrected chi connectivity index (χ1v) is 6.53. The van der Waals surface area contributed by atoms with Crippen LogP contribution in [0.2, 0.25) is 0 Å². The molecule has 0 saturated heterocycles. The van der Waals surface area contributed by atoms with Crippen LogP contribution in [0.4, 0.5) is 5.95 Å². The molecular formula is C12H19N5O2. The van der Waals surface area contributed by atoms with E-state index in [1.165, 1.54) is 4.57 Å². The molecule has 0 aromatic carbocycles. The van der Waals surface area contributed by atoms with Crippen LogP contribution in [0.3, 0.4) is 0 Å². The number of H-pyrrole nitrogens is 1. The maximum Gasteiger partial charge on any atom is 0.329 e. The third kappa shape index (κ3) is 2.27. The Morgan fingerprint density at radius 1 is 1.32 bits per heavy atom. The first kappa shape index (κ1) is 13.4. The zero-order chi connectivity index (χ0) is 14.0. The molecule has 104 valence electrons. The van der Waals surface area contributed by atoms with Crippen molar-refractivity contribution in [3.63, 3.8) is 0 Å². The van der Waals surface area contributed by atoms with Crippen molar-refractivity contribution < 1.29 is 0 Å². The van der Waals surface area contributed by atoms with Gasteiger partial charge in [-0.05, 0) is 13.3 Å². The van der Waals surface area contributed by atoms with Crippen LogP contribution in [0.15, 0.2) is 9.59 Å². The lowest BCUT2D eigenvalue weighted by molar-refractivity contribution is 0.647. The number of aryl methyl sites for hydroxylation is 2. The van der Waals surface area contributed by atoms with E-state index >= 15 is 0 Å². The fourth-order valence-corrected chi connectivity index (χ4v) is 2.06. The quantitative estimate of drug-likeness (QED) is 0.831. The summed E-state index contributed by atoms with van der Waals surface area (Å²) in [7, 11) is 1.60. The average Bonchev–Trinajstić information content (AvgIpc) is 2.73. The molecule has 0 aliphatic rings. The number of rotatable bonds is 5. The lowest BCUT2D eigenvalue weighted by Crippen LogP contribution is -2.29. The van der Waals surface area contributed by atoms with Crippen molar-refractivity contribution in [2.75, 3.05) is 11.9 Å². The van der Waals surface area contributed by atoms with Crippen LogP contribution in [0, 0.1) is 0 Å². The second kappa shape index (κ2) is 5.29. The molecule has 0 aliphatic carbocycles. The predicted octanol–water partition coefficient (Wildman–Crippen LogP) is 0.655. The van der Waals surface area contributed by atoms with Gasteiger partial charge in [0.2, 0.25) is 5.95 Å². The Balaban J connectivity index is 2.74. The van der Waals surface area contributed by atoms with Gasteiger partial charge in [-0.25, -0.2) is 4.79 Å². The zero-order valence-corrected chi connectivity index (χ0v) is 11.5. The van der Waals surface area contributed by atoms with Crippen LogP contribution in [0.5, 0.6) is 0 Å². The molecular weight excluding hydrogens is 246 g/mol. The molecule has 0 atom stereocenters. The summed E-state index contributed by atoms with van der Waals surface area (Å²) in [4.78, 5) is 30.3. The predicted molar refractivity (Wildman–Crippen MR) is 74.7 cm³/mol. The highest BCUT2D eigenvalue weighted by molar-refractivity contribution is 5.74. The largest absolute Gasteiger partial charge is 0.356 e. The normalized spacial score (nSPS) is 11.1. The van der Waals surface area contributed by atoms with Gasteiger partial charge >= 0.3 is 5.69 Å². The van der Waals surface area contributed by atoms with Crippen molar-refractivity contribution in [1.29, 1.82) is 0 Å². The standard InChI is InChI=1S/C12H19N5O2/c1-4-6-7-17-8-9(14-11(17)13-5-2)16(3)12(19)15-10(8)18/h4-7H2,1-3H3,(H,13,14)(H,15,18,19). The van der Waals surface area contributed by atoms with Gasteiger partial charge in [0.25, 0.3) is 5.56 Å². The number of hydrogen-bond donors (Lipinski definition) is 2. The van der Waals surface area contributed by atoms with Gasteiger partial charge in [-0.15, -0.1) is 0 Å². The molecule has 2 N–H and O–H groups in total. The number of aromatic nitrogens is 4. The van der Waals surface area contributed by atoms with Crippen LogP contribution in [0.25, 0.3) is 11.2 Å². The van der Waals surface area contributed by atoms with Gasteiger partial charge in [0.1, 0.15) is 0 Å². The minimum atomic E-state index is -0.444. The topological polar surface area (TPSA) is 84.7 Å². The van der Waals surface area contributed by atoms with Crippen molar-refractivity contribution in [2.24, 2.45) is 7.05 Å². The van der Waals surface area contributed by atoms with Crippen molar-refractivity contribution >= 4 is 17.1 Å². The van der Waals surface area contributed by atoms with Crippen LogP contribution in [-0.4, -0.2) is 25.6 Å². The summed E-state index contributed by atoms with van der Waals surface area (Å²) in [5.74, 6) is 0.637. The highest BCUT2D eigenvalue weighted by Crippen LogP contribution is 2.15. The second-order valence-corrected chi connectivity index (χ2v) is 4.46. The molecule has 2 rings (SSSR count). The van der Waals surface area contributed by atoms with Crippen LogP contribution < -0.4 is 16.6 Å². The van der Waals surface area contributed by atoms with Crippen molar-refractivity contribution in [3.8, 4) is 0 Å². The monoisotopic (exact) mass is 265 g/mol. The maximum absolute atomic E-state index is 12.0. The van der Waals surface area contributed by atoms with Crippen LogP contribution in [-0.2, 0) is 13.6 Å². The first-order valence-electron chi connectivity index (χ1n) is 6.53. The Bertz CT molecular complexity index is 694. The molecule has 2 aromatic heterocycles. The molecule has 2 aromatic rings. The van der Waals surface area contributed by atoms with Crippen molar-refractivity contribution in [3.05, 3.63) is 20.8 Å². The molecule has 0 saturated carbocycles. The minimum Gasteiger partial charge on any atom is -0.356 e. The molecule has 19 heavy (non-hydrogen) atoms. The third-order valence-electron chi connectivity index (χ3n) is 3.08. The molecule has 0 bridgehead atoms. The summed E-state index contributed by atoms with van der Waals surface area (Å²) in [5.41, 5.74) is 0.0406. The molecule has 0 amide bonds. The fourth-order valence-electron chi connectivity index (χ4n) is 2.06. The van der Waals surface area contributed by atoms with Gasteiger partial charge in [-0.2, -0.15) is 4.98 Å². The Labute approximate surface area is 110 Å². The van der Waals surface area contributed by atoms with E-state index in [-0.39, 0.29) is 5.56 Å².